The standard InChI is InChI=1S/C17H23N3O5/c21-12(19-8-11-4-3-5-16(11,10-19)14(23)24)9-20-13(22)17(18-15(20)25)6-1-2-7-17/h11H,1-10H2,(H,18,25)(H,23,24)/t11-,16+/m0/s1. The molecule has 0 radical (unpaired) electrons. The van der Waals surface area contributed by atoms with E-state index >= 15 is 0 Å². The van der Waals surface area contributed by atoms with Crippen molar-refractivity contribution in [2.24, 2.45) is 11.3 Å². The van der Waals surface area contributed by atoms with Gasteiger partial charge in [-0.15, -0.1) is 0 Å². The van der Waals surface area contributed by atoms with Crippen molar-refractivity contribution in [3.8, 4) is 0 Å². The summed E-state index contributed by atoms with van der Waals surface area (Å²) in [5.74, 6) is -1.52. The minimum atomic E-state index is -0.848. The summed E-state index contributed by atoms with van der Waals surface area (Å²) in [6, 6.07) is -0.507. The molecule has 4 aliphatic rings. The quantitative estimate of drug-likeness (QED) is 0.724. The summed E-state index contributed by atoms with van der Waals surface area (Å²) in [5.41, 5.74) is -1.67. The van der Waals surface area contributed by atoms with Crippen LogP contribution in [0, 0.1) is 11.3 Å². The van der Waals surface area contributed by atoms with Gasteiger partial charge < -0.3 is 15.3 Å². The number of hydrogen-bond acceptors (Lipinski definition) is 4. The minimum Gasteiger partial charge on any atom is -0.481 e. The zero-order valence-electron chi connectivity index (χ0n) is 14.1. The Balaban J connectivity index is 1.46. The molecule has 2 N–H and O–H groups in total. The number of aliphatic carboxylic acids is 1. The molecule has 0 bridgehead atoms. The van der Waals surface area contributed by atoms with Gasteiger partial charge in [-0.05, 0) is 31.6 Å². The van der Waals surface area contributed by atoms with Gasteiger partial charge in [0.15, 0.2) is 0 Å². The predicted octanol–water partition coefficient (Wildman–Crippen LogP) is 0.564. The lowest BCUT2D eigenvalue weighted by molar-refractivity contribution is -0.150. The predicted molar refractivity (Wildman–Crippen MR) is 85.4 cm³/mol. The van der Waals surface area contributed by atoms with Gasteiger partial charge in [0.05, 0.1) is 5.41 Å². The Labute approximate surface area is 145 Å². The highest BCUT2D eigenvalue weighted by Crippen LogP contribution is 2.49. The molecule has 25 heavy (non-hydrogen) atoms. The summed E-state index contributed by atoms with van der Waals surface area (Å²) < 4.78 is 0. The number of carbonyl (C=O) groups is 4. The van der Waals surface area contributed by atoms with Gasteiger partial charge in [-0.3, -0.25) is 19.3 Å². The lowest BCUT2D eigenvalue weighted by atomic mass is 9.81. The summed E-state index contributed by atoms with van der Waals surface area (Å²) in [5, 5.41) is 12.4. The lowest BCUT2D eigenvalue weighted by Gasteiger charge is -2.24. The first kappa shape index (κ1) is 16.4. The number of fused-ring (bicyclic) bond motifs is 1. The Kier molecular flexibility index (Phi) is 3.56. The number of amides is 4. The number of carbonyl (C=O) groups excluding carboxylic acids is 3. The molecule has 2 aliphatic heterocycles. The number of nitrogens with zero attached hydrogens (tertiary/aromatic N) is 2. The van der Waals surface area contributed by atoms with Gasteiger partial charge >= 0.3 is 12.0 Å². The van der Waals surface area contributed by atoms with Gasteiger partial charge in [0.25, 0.3) is 5.91 Å². The Morgan fingerprint density at radius 3 is 2.52 bits per heavy atom. The number of carboxylic acid groups (broad SMARTS) is 1. The van der Waals surface area contributed by atoms with Crippen molar-refractivity contribution in [3.63, 3.8) is 0 Å². The molecule has 2 saturated heterocycles. The first-order valence-corrected chi connectivity index (χ1v) is 9.03. The van der Waals surface area contributed by atoms with Gasteiger partial charge in [0, 0.05) is 13.1 Å². The third-order valence-corrected chi connectivity index (χ3v) is 6.65. The highest BCUT2D eigenvalue weighted by molar-refractivity contribution is 6.09. The van der Waals surface area contributed by atoms with E-state index in [-0.39, 0.29) is 30.8 Å². The van der Waals surface area contributed by atoms with Crippen LogP contribution in [0.1, 0.15) is 44.9 Å². The summed E-state index contributed by atoms with van der Waals surface area (Å²) in [7, 11) is 0. The highest BCUT2D eigenvalue weighted by atomic mass is 16.4. The van der Waals surface area contributed by atoms with Gasteiger partial charge in [0.2, 0.25) is 5.91 Å². The second-order valence-corrected chi connectivity index (χ2v) is 7.94. The van der Waals surface area contributed by atoms with E-state index in [1.54, 1.807) is 0 Å². The molecule has 8 nitrogen and oxygen atoms in total. The van der Waals surface area contributed by atoms with Crippen LogP contribution in [0.2, 0.25) is 0 Å². The van der Waals surface area contributed by atoms with Crippen LogP contribution in [0.15, 0.2) is 0 Å². The number of rotatable bonds is 3. The molecule has 2 saturated carbocycles. The second kappa shape index (κ2) is 5.44. The van der Waals surface area contributed by atoms with E-state index in [1.807, 2.05) is 0 Å². The highest BCUT2D eigenvalue weighted by Gasteiger charge is 2.57. The normalized spacial score (nSPS) is 33.2. The largest absolute Gasteiger partial charge is 0.481 e. The fourth-order valence-corrected chi connectivity index (χ4v) is 5.20. The molecule has 0 aromatic carbocycles. The van der Waals surface area contributed by atoms with E-state index in [0.717, 1.165) is 30.6 Å². The molecule has 8 heteroatoms. The molecule has 2 heterocycles. The number of hydrogen-bond donors (Lipinski definition) is 2. The molecule has 136 valence electrons. The van der Waals surface area contributed by atoms with Crippen molar-refractivity contribution < 1.29 is 24.3 Å². The van der Waals surface area contributed by atoms with Crippen LogP contribution in [0.5, 0.6) is 0 Å². The molecule has 0 aromatic heterocycles. The zero-order valence-corrected chi connectivity index (χ0v) is 14.1. The molecule has 2 atom stereocenters. The van der Waals surface area contributed by atoms with Crippen molar-refractivity contribution in [2.75, 3.05) is 19.6 Å². The molecule has 4 amide bonds. The molecule has 1 spiro atoms. The number of urea groups is 1. The number of likely N-dealkylation sites (tertiary alicyclic amines) is 1. The van der Waals surface area contributed by atoms with Crippen LogP contribution < -0.4 is 5.32 Å². The van der Waals surface area contributed by atoms with Crippen LogP contribution >= 0.6 is 0 Å². The monoisotopic (exact) mass is 349 g/mol. The maximum Gasteiger partial charge on any atom is 0.325 e. The minimum absolute atomic E-state index is 0.0294. The van der Waals surface area contributed by atoms with Crippen LogP contribution in [-0.4, -0.2) is 63.9 Å². The molecule has 2 aliphatic carbocycles. The van der Waals surface area contributed by atoms with E-state index in [4.69, 9.17) is 0 Å². The molecular weight excluding hydrogens is 326 g/mol. The maximum atomic E-state index is 12.7. The Bertz CT molecular complexity index is 657. The SMILES string of the molecule is O=C(CN1C(=O)NC2(CCCC2)C1=O)N1C[C@@H]2CCC[C@@]2(C(=O)O)C1. The average Bonchev–Trinajstić information content (AvgIpc) is 3.28. The van der Waals surface area contributed by atoms with Crippen molar-refractivity contribution >= 4 is 23.8 Å². The van der Waals surface area contributed by atoms with Gasteiger partial charge in [-0.25, -0.2) is 4.79 Å². The number of nitrogens with one attached hydrogen (secondary N) is 1. The molecule has 4 fully saturated rings. The topological polar surface area (TPSA) is 107 Å². The van der Waals surface area contributed by atoms with Gasteiger partial charge in [-0.2, -0.15) is 0 Å². The van der Waals surface area contributed by atoms with E-state index in [2.05, 4.69) is 5.32 Å². The van der Waals surface area contributed by atoms with E-state index in [1.165, 1.54) is 4.90 Å². The van der Waals surface area contributed by atoms with Gasteiger partial charge in [-0.1, -0.05) is 19.3 Å². The van der Waals surface area contributed by atoms with E-state index in [9.17, 15) is 24.3 Å². The maximum absolute atomic E-state index is 12.7. The first-order chi connectivity index (χ1) is 11.9. The Morgan fingerprint density at radius 1 is 1.16 bits per heavy atom. The fraction of sp³-hybridized carbons (Fsp3) is 0.765. The third-order valence-electron chi connectivity index (χ3n) is 6.65. The Hall–Kier alpha value is -2.12. The van der Waals surface area contributed by atoms with Crippen molar-refractivity contribution in [2.45, 2.75) is 50.5 Å². The molecular formula is C17H23N3O5. The van der Waals surface area contributed by atoms with Crippen molar-refractivity contribution in [1.29, 1.82) is 0 Å². The molecule has 0 aromatic rings. The average molecular weight is 349 g/mol. The molecule has 0 unspecified atom stereocenters. The summed E-state index contributed by atoms with van der Waals surface area (Å²) in [4.78, 5) is 51.7. The summed E-state index contributed by atoms with van der Waals surface area (Å²) in [6.45, 7) is 0.287. The lowest BCUT2D eigenvalue weighted by Crippen LogP contribution is -2.46. The Morgan fingerprint density at radius 2 is 1.88 bits per heavy atom. The van der Waals surface area contributed by atoms with Crippen LogP contribution in [0.3, 0.4) is 0 Å². The molecule has 4 rings (SSSR count). The van der Waals surface area contributed by atoms with Crippen molar-refractivity contribution in [1.82, 2.24) is 15.1 Å². The summed E-state index contributed by atoms with van der Waals surface area (Å²) >= 11 is 0. The van der Waals surface area contributed by atoms with Crippen molar-refractivity contribution in [3.05, 3.63) is 0 Å². The van der Waals surface area contributed by atoms with Crippen LogP contribution in [0.25, 0.3) is 0 Å². The van der Waals surface area contributed by atoms with E-state index < -0.39 is 23.0 Å². The van der Waals surface area contributed by atoms with Crippen LogP contribution in [0.4, 0.5) is 4.79 Å². The fourth-order valence-electron chi connectivity index (χ4n) is 5.20. The van der Waals surface area contributed by atoms with Gasteiger partial charge in [0.1, 0.15) is 12.1 Å². The number of imide groups is 1. The third kappa shape index (κ3) is 2.26. The first-order valence-electron chi connectivity index (χ1n) is 9.03. The smallest absolute Gasteiger partial charge is 0.325 e. The zero-order chi connectivity index (χ0) is 17.8. The number of carboxylic acids is 1. The summed E-state index contributed by atoms with van der Waals surface area (Å²) in [6.07, 6.45) is 5.29. The second-order valence-electron chi connectivity index (χ2n) is 7.94. The van der Waals surface area contributed by atoms with E-state index in [0.29, 0.717) is 25.8 Å². The van der Waals surface area contributed by atoms with Crippen LogP contribution in [-0.2, 0) is 14.4 Å².